The first-order valence-electron chi connectivity index (χ1n) is 5.78. The Labute approximate surface area is 117 Å². The Balaban J connectivity index is 0.000000270. The molecule has 1 aliphatic rings. The summed E-state index contributed by atoms with van der Waals surface area (Å²) in [6.45, 7) is 1.81. The van der Waals surface area contributed by atoms with E-state index in [4.69, 9.17) is 15.2 Å². The van der Waals surface area contributed by atoms with Gasteiger partial charge in [-0.05, 0) is 24.6 Å². The molecule has 9 heteroatoms. The number of nitrogens with one attached hydrogen (secondary N) is 1. The van der Waals surface area contributed by atoms with Gasteiger partial charge in [0.05, 0.1) is 0 Å². The fourth-order valence-electron chi connectivity index (χ4n) is 1.40. The predicted molar refractivity (Wildman–Crippen MR) is 65.9 cm³/mol. The molecule has 0 saturated carbocycles. The zero-order valence-electron chi connectivity index (χ0n) is 10.7. The molecule has 0 aliphatic carbocycles. The summed E-state index contributed by atoms with van der Waals surface area (Å²) in [5.41, 5.74) is 1.55. The average Bonchev–Trinajstić information content (AvgIpc) is 2.48. The van der Waals surface area contributed by atoms with Gasteiger partial charge in [-0.25, -0.2) is 14.8 Å². The number of aliphatic carboxylic acids is 1. The van der Waals surface area contributed by atoms with Crippen LogP contribution in [0.1, 0.15) is 17.9 Å². The maximum atomic E-state index is 10.6. The predicted octanol–water partition coefficient (Wildman–Crippen LogP) is 1.36. The molecular formula is C12H11F3N4O2. The van der Waals surface area contributed by atoms with Crippen LogP contribution >= 0.6 is 0 Å². The second kappa shape index (κ2) is 7.35. The normalized spacial score (nSPS) is 14.3. The van der Waals surface area contributed by atoms with Gasteiger partial charge < -0.3 is 10.4 Å². The average molecular weight is 300 g/mol. The van der Waals surface area contributed by atoms with Crippen molar-refractivity contribution in [3.05, 3.63) is 29.9 Å². The van der Waals surface area contributed by atoms with Gasteiger partial charge in [0.15, 0.2) is 5.82 Å². The van der Waals surface area contributed by atoms with Crippen LogP contribution in [0.5, 0.6) is 0 Å². The van der Waals surface area contributed by atoms with Crippen LogP contribution < -0.4 is 5.32 Å². The second-order valence-corrected chi connectivity index (χ2v) is 3.86. The lowest BCUT2D eigenvalue weighted by molar-refractivity contribution is -0.192. The van der Waals surface area contributed by atoms with Gasteiger partial charge >= 0.3 is 12.1 Å². The highest BCUT2D eigenvalue weighted by Gasteiger charge is 2.38. The first kappa shape index (κ1) is 16.6. The van der Waals surface area contributed by atoms with Crippen LogP contribution in [-0.2, 0) is 4.79 Å². The van der Waals surface area contributed by atoms with Gasteiger partial charge in [-0.15, -0.1) is 0 Å². The number of rotatable bonds is 1. The van der Waals surface area contributed by atoms with E-state index in [1.54, 1.807) is 12.3 Å². The molecule has 0 spiro atoms. The third-order valence-electron chi connectivity index (χ3n) is 2.36. The summed E-state index contributed by atoms with van der Waals surface area (Å²) < 4.78 is 31.7. The Morgan fingerprint density at radius 3 is 2.62 bits per heavy atom. The molecule has 1 aromatic heterocycles. The lowest BCUT2D eigenvalue weighted by atomic mass is 10.1. The molecule has 0 amide bonds. The third kappa shape index (κ3) is 5.58. The van der Waals surface area contributed by atoms with E-state index < -0.39 is 12.1 Å². The van der Waals surface area contributed by atoms with Crippen LogP contribution in [0.4, 0.5) is 13.2 Å². The fraction of sp³-hybridized carbons (Fsp3) is 0.333. The molecule has 0 fully saturated rings. The Morgan fingerprint density at radius 2 is 2.14 bits per heavy atom. The highest BCUT2D eigenvalue weighted by atomic mass is 19.4. The Morgan fingerprint density at radius 1 is 1.48 bits per heavy atom. The molecule has 21 heavy (non-hydrogen) atoms. The standard InChI is InChI=1S/C10H10N4.C2HF3O2/c11-7-9-3-6-13-10(14-9)8-1-4-12-5-2-8;3-2(4,5)1(6)7/h1,3,6,12H,2,4-5H2;(H,6,7). The van der Waals surface area contributed by atoms with Gasteiger partial charge in [0.2, 0.25) is 0 Å². The molecule has 0 aromatic carbocycles. The third-order valence-corrected chi connectivity index (χ3v) is 2.36. The second-order valence-electron chi connectivity index (χ2n) is 3.86. The van der Waals surface area contributed by atoms with E-state index >= 15 is 0 Å². The van der Waals surface area contributed by atoms with E-state index in [0.29, 0.717) is 11.5 Å². The number of alkyl halides is 3. The van der Waals surface area contributed by atoms with Crippen LogP contribution in [0.15, 0.2) is 18.3 Å². The number of carbonyl (C=O) groups is 1. The highest BCUT2D eigenvalue weighted by molar-refractivity contribution is 5.73. The van der Waals surface area contributed by atoms with Crippen molar-refractivity contribution in [2.75, 3.05) is 13.1 Å². The largest absolute Gasteiger partial charge is 0.490 e. The highest BCUT2D eigenvalue weighted by Crippen LogP contribution is 2.15. The Hall–Kier alpha value is -2.47. The fourth-order valence-corrected chi connectivity index (χ4v) is 1.40. The number of halogens is 3. The number of nitriles is 1. The van der Waals surface area contributed by atoms with E-state index in [0.717, 1.165) is 25.1 Å². The summed E-state index contributed by atoms with van der Waals surface area (Å²) in [5.74, 6) is -2.07. The zero-order valence-corrected chi connectivity index (χ0v) is 10.7. The van der Waals surface area contributed by atoms with E-state index in [1.165, 1.54) is 0 Å². The van der Waals surface area contributed by atoms with Crippen molar-refractivity contribution in [2.45, 2.75) is 12.6 Å². The number of aromatic nitrogens is 2. The van der Waals surface area contributed by atoms with Crippen LogP contribution in [0, 0.1) is 11.3 Å². The molecule has 6 nitrogen and oxygen atoms in total. The molecule has 0 atom stereocenters. The van der Waals surface area contributed by atoms with Gasteiger partial charge in [-0.3, -0.25) is 0 Å². The van der Waals surface area contributed by atoms with Gasteiger partial charge in [0.1, 0.15) is 11.8 Å². The van der Waals surface area contributed by atoms with E-state index in [9.17, 15) is 13.2 Å². The number of hydrogen-bond acceptors (Lipinski definition) is 5. The topological polar surface area (TPSA) is 98.9 Å². The van der Waals surface area contributed by atoms with Crippen molar-refractivity contribution in [2.24, 2.45) is 0 Å². The zero-order chi connectivity index (χ0) is 15.9. The monoisotopic (exact) mass is 300 g/mol. The van der Waals surface area contributed by atoms with Crippen LogP contribution in [0.25, 0.3) is 5.57 Å². The molecule has 0 unspecified atom stereocenters. The lowest BCUT2D eigenvalue weighted by Gasteiger charge is -2.12. The molecular weight excluding hydrogens is 289 g/mol. The van der Waals surface area contributed by atoms with Crippen molar-refractivity contribution in [3.63, 3.8) is 0 Å². The summed E-state index contributed by atoms with van der Waals surface area (Å²) >= 11 is 0. The van der Waals surface area contributed by atoms with E-state index in [-0.39, 0.29) is 0 Å². The van der Waals surface area contributed by atoms with Crippen molar-refractivity contribution in [3.8, 4) is 6.07 Å². The van der Waals surface area contributed by atoms with E-state index in [1.807, 2.05) is 6.07 Å². The summed E-state index contributed by atoms with van der Waals surface area (Å²) in [6, 6.07) is 3.63. The quantitative estimate of drug-likeness (QED) is 0.812. The molecule has 2 rings (SSSR count). The molecule has 0 radical (unpaired) electrons. The van der Waals surface area contributed by atoms with Crippen LogP contribution in [0.2, 0.25) is 0 Å². The Bertz CT molecular complexity index is 579. The van der Waals surface area contributed by atoms with Crippen LogP contribution in [-0.4, -0.2) is 40.3 Å². The van der Waals surface area contributed by atoms with Crippen molar-refractivity contribution < 1.29 is 23.1 Å². The maximum absolute atomic E-state index is 10.6. The van der Waals surface area contributed by atoms with Gasteiger partial charge in [0.25, 0.3) is 0 Å². The molecule has 1 aromatic rings. The minimum Gasteiger partial charge on any atom is -0.475 e. The van der Waals surface area contributed by atoms with Crippen LogP contribution in [0.3, 0.4) is 0 Å². The lowest BCUT2D eigenvalue weighted by Crippen LogP contribution is -2.21. The van der Waals surface area contributed by atoms with Gasteiger partial charge in [-0.2, -0.15) is 18.4 Å². The minimum absolute atomic E-state index is 0.425. The van der Waals surface area contributed by atoms with Crippen molar-refractivity contribution >= 4 is 11.5 Å². The van der Waals surface area contributed by atoms with Crippen molar-refractivity contribution in [1.82, 2.24) is 15.3 Å². The van der Waals surface area contributed by atoms with Gasteiger partial charge in [-0.1, -0.05) is 6.08 Å². The number of nitrogens with zero attached hydrogens (tertiary/aromatic N) is 3. The van der Waals surface area contributed by atoms with E-state index in [2.05, 4.69) is 21.4 Å². The Kier molecular flexibility index (Phi) is 5.80. The number of carboxylic acid groups (broad SMARTS) is 1. The number of carboxylic acids is 1. The molecule has 2 heterocycles. The maximum Gasteiger partial charge on any atom is 0.490 e. The molecule has 2 N–H and O–H groups in total. The summed E-state index contributed by atoms with van der Waals surface area (Å²) in [7, 11) is 0. The smallest absolute Gasteiger partial charge is 0.475 e. The molecule has 1 aliphatic heterocycles. The minimum atomic E-state index is -5.08. The first-order chi connectivity index (χ1) is 9.84. The van der Waals surface area contributed by atoms with Crippen molar-refractivity contribution in [1.29, 1.82) is 5.26 Å². The molecule has 0 saturated heterocycles. The first-order valence-corrected chi connectivity index (χ1v) is 5.78. The summed E-state index contributed by atoms with van der Waals surface area (Å²) in [5, 5.41) is 19.0. The summed E-state index contributed by atoms with van der Waals surface area (Å²) in [6.07, 6.45) is -0.460. The number of hydrogen-bond donors (Lipinski definition) is 2. The van der Waals surface area contributed by atoms with Gasteiger partial charge in [0, 0.05) is 12.7 Å². The molecule has 112 valence electrons. The molecule has 0 bridgehead atoms. The SMILES string of the molecule is N#Cc1ccnc(C2=CCNCC2)n1.O=C(O)C(F)(F)F. The summed E-state index contributed by atoms with van der Waals surface area (Å²) in [4.78, 5) is 17.2.